The van der Waals surface area contributed by atoms with Gasteiger partial charge in [-0.1, -0.05) is 18.5 Å². The van der Waals surface area contributed by atoms with Crippen LogP contribution in [0.5, 0.6) is 0 Å². The molecule has 0 aliphatic carbocycles. The summed E-state index contributed by atoms with van der Waals surface area (Å²) in [4.78, 5) is 8.41. The number of hydrogen-bond acceptors (Lipinski definition) is 5. The van der Waals surface area contributed by atoms with Crippen LogP contribution in [-0.4, -0.2) is 32.3 Å². The normalized spacial score (nSPS) is 20.4. The van der Waals surface area contributed by atoms with Crippen LogP contribution in [0, 0.1) is 0 Å². The minimum absolute atomic E-state index is 0.174. The van der Waals surface area contributed by atoms with Gasteiger partial charge in [0.05, 0.1) is 28.1 Å². The molecule has 0 spiro atoms. The third-order valence-electron chi connectivity index (χ3n) is 2.60. The highest BCUT2D eigenvalue weighted by Gasteiger charge is 2.19. The summed E-state index contributed by atoms with van der Waals surface area (Å²) in [6.45, 7) is 2.61. The maximum atomic E-state index is 10.6. The molecule has 2 unspecified atom stereocenters. The van der Waals surface area contributed by atoms with Gasteiger partial charge < -0.3 is 9.29 Å². The van der Waals surface area contributed by atoms with Crippen LogP contribution < -0.4 is 0 Å². The first-order valence-corrected chi connectivity index (χ1v) is 7.13. The predicted molar refractivity (Wildman–Crippen MR) is 68.4 cm³/mol. The van der Waals surface area contributed by atoms with Crippen LogP contribution in [-0.2, 0) is 21.6 Å². The van der Waals surface area contributed by atoms with Crippen molar-refractivity contribution in [1.82, 2.24) is 4.98 Å². The van der Waals surface area contributed by atoms with E-state index in [9.17, 15) is 8.76 Å². The summed E-state index contributed by atoms with van der Waals surface area (Å²) in [6, 6.07) is 1.81. The second kappa shape index (κ2) is 5.77. The van der Waals surface area contributed by atoms with Crippen molar-refractivity contribution in [3.05, 3.63) is 28.5 Å². The summed E-state index contributed by atoms with van der Waals surface area (Å²) in [5, 5.41) is 0.308. The molecule has 0 fully saturated rings. The van der Waals surface area contributed by atoms with Crippen molar-refractivity contribution in [3.63, 3.8) is 0 Å². The number of ether oxygens (including phenoxy) is 1. The maximum Gasteiger partial charge on any atom is 0.218 e. The van der Waals surface area contributed by atoms with E-state index in [4.69, 9.17) is 16.3 Å². The summed E-state index contributed by atoms with van der Waals surface area (Å²) in [5.74, 6) is 0.329. The molecule has 0 saturated heterocycles. The van der Waals surface area contributed by atoms with Crippen LogP contribution in [0.2, 0.25) is 5.02 Å². The topological polar surface area (TPSA) is 74.6 Å². The number of rotatable bonds is 4. The smallest absolute Gasteiger partial charge is 0.218 e. The Kier molecular flexibility index (Phi) is 4.31. The lowest BCUT2D eigenvalue weighted by Gasteiger charge is -2.07. The van der Waals surface area contributed by atoms with E-state index in [-0.39, 0.29) is 11.8 Å². The van der Waals surface area contributed by atoms with Gasteiger partial charge in [-0.25, -0.2) is 4.99 Å². The van der Waals surface area contributed by atoms with Crippen LogP contribution in [0.15, 0.2) is 17.3 Å². The molecule has 0 aromatic carbocycles. The number of pyridine rings is 1. The van der Waals surface area contributed by atoms with Gasteiger partial charge in [0.2, 0.25) is 5.90 Å². The molecular weight excluding hydrogens is 276 g/mol. The van der Waals surface area contributed by atoms with Gasteiger partial charge >= 0.3 is 0 Å². The monoisotopic (exact) mass is 287 g/mol. The maximum absolute atomic E-state index is 10.6. The standard InChI is InChI=1S/C11H13ClN2O3S/c1-2-8-5-17-11(14-8)7-3-9(12)10(13-4-7)6-18(15)16/h3-4,8H,2,5-6H2,1H3,(H,15,16)/p-1. The van der Waals surface area contributed by atoms with E-state index in [0.717, 1.165) is 6.42 Å². The molecule has 5 nitrogen and oxygen atoms in total. The molecule has 0 N–H and O–H groups in total. The first-order chi connectivity index (χ1) is 8.60. The molecule has 98 valence electrons. The lowest BCUT2D eigenvalue weighted by molar-refractivity contribution is 0.315. The SMILES string of the molecule is CCC1COC(c2cnc(CS(=O)[O-])c(Cl)c2)=N1. The highest BCUT2D eigenvalue weighted by atomic mass is 35.5. The Morgan fingerprint density at radius 2 is 2.44 bits per heavy atom. The highest BCUT2D eigenvalue weighted by molar-refractivity contribution is 7.78. The molecule has 2 rings (SSSR count). The fraction of sp³-hybridized carbons (Fsp3) is 0.455. The van der Waals surface area contributed by atoms with E-state index >= 15 is 0 Å². The van der Waals surface area contributed by atoms with E-state index in [2.05, 4.69) is 9.98 Å². The third kappa shape index (κ3) is 3.07. The van der Waals surface area contributed by atoms with Crippen molar-refractivity contribution in [2.45, 2.75) is 25.1 Å². The van der Waals surface area contributed by atoms with Gasteiger partial charge in [0.15, 0.2) is 0 Å². The molecule has 2 heterocycles. The summed E-state index contributed by atoms with van der Waals surface area (Å²) in [7, 11) is 0. The zero-order valence-electron chi connectivity index (χ0n) is 9.76. The number of halogens is 1. The molecule has 1 aliphatic rings. The Labute approximate surface area is 113 Å². The number of aromatic nitrogens is 1. The van der Waals surface area contributed by atoms with Crippen molar-refractivity contribution in [3.8, 4) is 0 Å². The Hall–Kier alpha value is -0.980. The van der Waals surface area contributed by atoms with Crippen molar-refractivity contribution >= 4 is 28.6 Å². The summed E-state index contributed by atoms with van der Waals surface area (Å²) in [6.07, 6.45) is 2.45. The Morgan fingerprint density at radius 3 is 3.00 bits per heavy atom. The Bertz CT molecular complexity index is 507. The van der Waals surface area contributed by atoms with Crippen molar-refractivity contribution in [1.29, 1.82) is 0 Å². The molecule has 18 heavy (non-hydrogen) atoms. The van der Waals surface area contributed by atoms with Gasteiger partial charge in [0.1, 0.15) is 6.61 Å². The van der Waals surface area contributed by atoms with E-state index in [1.165, 1.54) is 6.20 Å². The Morgan fingerprint density at radius 1 is 1.67 bits per heavy atom. The lowest BCUT2D eigenvalue weighted by Crippen LogP contribution is -2.05. The van der Waals surface area contributed by atoms with Gasteiger partial charge in [-0.3, -0.25) is 9.19 Å². The summed E-state index contributed by atoms with van der Waals surface area (Å²) >= 11 is 3.77. The first kappa shape index (κ1) is 13.5. The van der Waals surface area contributed by atoms with Gasteiger partial charge in [0, 0.05) is 6.20 Å². The van der Waals surface area contributed by atoms with Crippen LogP contribution in [0.1, 0.15) is 24.6 Å². The number of aliphatic imine (C=N–C) groups is 1. The second-order valence-corrected chi connectivity index (χ2v) is 5.21. The lowest BCUT2D eigenvalue weighted by atomic mass is 10.2. The van der Waals surface area contributed by atoms with E-state index in [1.807, 2.05) is 6.92 Å². The quantitative estimate of drug-likeness (QED) is 0.790. The van der Waals surface area contributed by atoms with Crippen molar-refractivity contribution < 1.29 is 13.5 Å². The zero-order valence-corrected chi connectivity index (χ0v) is 11.3. The van der Waals surface area contributed by atoms with E-state index < -0.39 is 11.1 Å². The van der Waals surface area contributed by atoms with Gasteiger partial charge in [0.25, 0.3) is 0 Å². The molecule has 1 aromatic heterocycles. The zero-order chi connectivity index (χ0) is 13.1. The number of nitrogens with zero attached hydrogens (tertiary/aromatic N) is 2. The van der Waals surface area contributed by atoms with E-state index in [1.54, 1.807) is 6.07 Å². The van der Waals surface area contributed by atoms with Crippen LogP contribution in [0.3, 0.4) is 0 Å². The molecule has 0 bridgehead atoms. The average molecular weight is 288 g/mol. The molecule has 2 atom stereocenters. The molecule has 7 heteroatoms. The fourth-order valence-electron chi connectivity index (χ4n) is 1.58. The average Bonchev–Trinajstić information content (AvgIpc) is 2.80. The molecule has 1 aromatic rings. The minimum Gasteiger partial charge on any atom is -0.772 e. The van der Waals surface area contributed by atoms with Crippen molar-refractivity contribution in [2.75, 3.05) is 6.61 Å². The third-order valence-corrected chi connectivity index (χ3v) is 3.44. The fourth-order valence-corrected chi connectivity index (χ4v) is 2.35. The van der Waals surface area contributed by atoms with Gasteiger partial charge in [-0.2, -0.15) is 0 Å². The van der Waals surface area contributed by atoms with Crippen LogP contribution in [0.4, 0.5) is 0 Å². The number of hydrogen-bond donors (Lipinski definition) is 0. The minimum atomic E-state index is -2.20. The second-order valence-electron chi connectivity index (χ2n) is 3.91. The Balaban J connectivity index is 2.21. The molecule has 0 amide bonds. The summed E-state index contributed by atoms with van der Waals surface area (Å²) < 4.78 is 26.6. The first-order valence-electron chi connectivity index (χ1n) is 5.51. The van der Waals surface area contributed by atoms with Crippen molar-refractivity contribution in [2.24, 2.45) is 4.99 Å². The van der Waals surface area contributed by atoms with Crippen LogP contribution >= 0.6 is 11.6 Å². The molecule has 0 saturated carbocycles. The van der Waals surface area contributed by atoms with Crippen LogP contribution in [0.25, 0.3) is 0 Å². The highest BCUT2D eigenvalue weighted by Crippen LogP contribution is 2.20. The molecular formula is C11H12ClN2O3S-. The largest absolute Gasteiger partial charge is 0.772 e. The van der Waals surface area contributed by atoms with Gasteiger partial charge in [-0.15, -0.1) is 0 Å². The molecule has 1 aliphatic heterocycles. The molecule has 0 radical (unpaired) electrons. The van der Waals surface area contributed by atoms with Gasteiger partial charge in [-0.05, 0) is 23.6 Å². The van der Waals surface area contributed by atoms with E-state index in [0.29, 0.717) is 28.8 Å². The predicted octanol–water partition coefficient (Wildman–Crippen LogP) is 1.67. The summed E-state index contributed by atoms with van der Waals surface area (Å²) in [5.41, 5.74) is 1.01.